The van der Waals surface area contributed by atoms with Gasteiger partial charge in [0, 0.05) is 18.0 Å². The van der Waals surface area contributed by atoms with Crippen LogP contribution in [0.25, 0.3) is 26.4 Å². The third kappa shape index (κ3) is 3.57. The molecule has 0 aliphatic heterocycles. The van der Waals surface area contributed by atoms with Gasteiger partial charge in [0.25, 0.3) is 0 Å². The number of nitrogens with zero attached hydrogens (tertiary/aromatic N) is 2. The minimum atomic E-state index is -3.21. The second-order valence-electron chi connectivity index (χ2n) is 6.51. The molecule has 0 aliphatic rings. The summed E-state index contributed by atoms with van der Waals surface area (Å²) < 4.78 is 32.1. The van der Waals surface area contributed by atoms with Crippen LogP contribution < -0.4 is 4.74 Å². The minimum absolute atomic E-state index is 0.332. The average Bonchev–Trinajstić information content (AvgIpc) is 3.19. The van der Waals surface area contributed by atoms with Crippen molar-refractivity contribution in [1.29, 1.82) is 0 Å². The van der Waals surface area contributed by atoms with Crippen LogP contribution in [0.4, 0.5) is 0 Å². The Morgan fingerprint density at radius 2 is 1.93 bits per heavy atom. The van der Waals surface area contributed by atoms with Crippen LogP contribution in [-0.2, 0) is 9.84 Å². The quantitative estimate of drug-likeness (QED) is 0.436. The van der Waals surface area contributed by atoms with Crippen molar-refractivity contribution in [3.63, 3.8) is 0 Å². The number of hydrogen-bond donors (Lipinski definition) is 0. The number of fused-ring (bicyclic) bond motifs is 3. The number of imidazole rings is 1. The molecule has 0 aliphatic carbocycles. The van der Waals surface area contributed by atoms with Crippen LogP contribution in [-0.4, -0.2) is 30.7 Å². The second-order valence-corrected chi connectivity index (χ2v) is 9.53. The molecular formula is C20H20N2O3S2. The number of unbranched alkanes of at least 4 members (excludes halogenated alkanes) is 1. The number of rotatable bonds is 6. The first kappa shape index (κ1) is 18.0. The minimum Gasteiger partial charge on any atom is -0.494 e. The Kier molecular flexibility index (Phi) is 4.65. The topological polar surface area (TPSA) is 60.7 Å². The van der Waals surface area contributed by atoms with Crippen LogP contribution >= 0.6 is 11.3 Å². The smallest absolute Gasteiger partial charge is 0.195 e. The molecule has 0 N–H and O–H groups in total. The first-order chi connectivity index (χ1) is 13.0. The normalized spacial score (nSPS) is 12.1. The van der Waals surface area contributed by atoms with E-state index in [2.05, 4.69) is 6.92 Å². The number of ether oxygens (including phenoxy) is 1. The van der Waals surface area contributed by atoms with Crippen LogP contribution in [0.1, 0.15) is 19.8 Å². The van der Waals surface area contributed by atoms with E-state index < -0.39 is 9.84 Å². The molecule has 0 saturated heterocycles. The number of aromatic nitrogens is 2. The molecule has 0 radical (unpaired) electrons. The van der Waals surface area contributed by atoms with Gasteiger partial charge in [-0.25, -0.2) is 13.4 Å². The maximum atomic E-state index is 11.8. The Hall–Kier alpha value is -2.38. The Labute approximate surface area is 162 Å². The summed E-state index contributed by atoms with van der Waals surface area (Å²) in [4.78, 5) is 5.88. The monoisotopic (exact) mass is 400 g/mol. The molecule has 0 amide bonds. The Morgan fingerprint density at radius 1 is 1.15 bits per heavy atom. The van der Waals surface area contributed by atoms with Crippen molar-refractivity contribution >= 4 is 36.4 Å². The summed E-state index contributed by atoms with van der Waals surface area (Å²) >= 11 is 1.49. The predicted molar refractivity (Wildman–Crippen MR) is 110 cm³/mol. The van der Waals surface area contributed by atoms with Gasteiger partial charge in [-0.2, -0.15) is 0 Å². The van der Waals surface area contributed by atoms with Gasteiger partial charge in [-0.05, 0) is 48.9 Å². The highest BCUT2D eigenvalue weighted by Gasteiger charge is 2.13. The van der Waals surface area contributed by atoms with Gasteiger partial charge in [0.2, 0.25) is 0 Å². The highest BCUT2D eigenvalue weighted by atomic mass is 32.2. The van der Waals surface area contributed by atoms with Crippen molar-refractivity contribution in [1.82, 2.24) is 9.38 Å². The Morgan fingerprint density at radius 3 is 2.63 bits per heavy atom. The molecule has 7 heteroatoms. The van der Waals surface area contributed by atoms with Gasteiger partial charge in [0.05, 0.1) is 27.4 Å². The van der Waals surface area contributed by atoms with Gasteiger partial charge in [-0.1, -0.05) is 24.7 Å². The van der Waals surface area contributed by atoms with Gasteiger partial charge in [0.15, 0.2) is 14.8 Å². The molecule has 0 atom stereocenters. The maximum Gasteiger partial charge on any atom is 0.195 e. The van der Waals surface area contributed by atoms with E-state index >= 15 is 0 Å². The zero-order chi connectivity index (χ0) is 19.0. The molecule has 27 heavy (non-hydrogen) atoms. The lowest BCUT2D eigenvalue weighted by atomic mass is 10.1. The van der Waals surface area contributed by atoms with Crippen molar-refractivity contribution in [2.45, 2.75) is 24.7 Å². The molecule has 0 unspecified atom stereocenters. The summed E-state index contributed by atoms with van der Waals surface area (Å²) in [6.45, 7) is 2.88. The summed E-state index contributed by atoms with van der Waals surface area (Å²) in [5.74, 6) is 0.868. The summed E-state index contributed by atoms with van der Waals surface area (Å²) in [5, 5.41) is 0. The zero-order valence-corrected chi connectivity index (χ0v) is 16.8. The standard InChI is InChI=1S/C20H20N2O3S2/c1-3-4-11-25-15-7-5-14(6-8-15)17-13-22-18-10-9-16(27(2,23)24)12-19(18)26-20(22)21-17/h5-10,12-13H,3-4,11H2,1-2H3. The van der Waals surface area contributed by atoms with E-state index in [0.717, 1.165) is 51.6 Å². The van der Waals surface area contributed by atoms with Crippen molar-refractivity contribution in [3.05, 3.63) is 48.7 Å². The second kappa shape index (κ2) is 6.98. The van der Waals surface area contributed by atoms with Gasteiger partial charge in [-0.15, -0.1) is 0 Å². The first-order valence-electron chi connectivity index (χ1n) is 8.80. The highest BCUT2D eigenvalue weighted by molar-refractivity contribution is 7.90. The third-order valence-corrected chi connectivity index (χ3v) is 6.54. The summed E-state index contributed by atoms with van der Waals surface area (Å²) in [7, 11) is -3.21. The summed E-state index contributed by atoms with van der Waals surface area (Å²) in [5.41, 5.74) is 2.87. The van der Waals surface area contributed by atoms with Gasteiger partial charge >= 0.3 is 0 Å². The predicted octanol–water partition coefficient (Wildman–Crippen LogP) is 4.80. The largest absolute Gasteiger partial charge is 0.494 e. The van der Waals surface area contributed by atoms with E-state index in [0.29, 0.717) is 4.90 Å². The fourth-order valence-electron chi connectivity index (χ4n) is 2.91. The molecule has 0 bridgehead atoms. The van der Waals surface area contributed by atoms with Gasteiger partial charge < -0.3 is 4.74 Å². The van der Waals surface area contributed by atoms with E-state index in [4.69, 9.17) is 9.72 Å². The number of sulfone groups is 1. The van der Waals surface area contributed by atoms with E-state index in [1.165, 1.54) is 17.6 Å². The Bertz CT molecular complexity index is 1210. The first-order valence-corrected chi connectivity index (χ1v) is 11.5. The van der Waals surface area contributed by atoms with Crippen LogP contribution in [0.15, 0.2) is 53.6 Å². The fraction of sp³-hybridized carbons (Fsp3) is 0.250. The molecule has 5 nitrogen and oxygen atoms in total. The van der Waals surface area contributed by atoms with E-state index in [1.807, 2.05) is 40.9 Å². The molecule has 2 aromatic carbocycles. The van der Waals surface area contributed by atoms with Gasteiger partial charge in [-0.3, -0.25) is 4.40 Å². The highest BCUT2D eigenvalue weighted by Crippen LogP contribution is 2.31. The molecular weight excluding hydrogens is 380 g/mol. The molecule has 2 aromatic heterocycles. The molecule has 0 saturated carbocycles. The van der Waals surface area contributed by atoms with Crippen LogP contribution in [0, 0.1) is 0 Å². The lowest BCUT2D eigenvalue weighted by Crippen LogP contribution is -1.96. The average molecular weight is 401 g/mol. The molecule has 4 rings (SSSR count). The molecule has 4 aromatic rings. The van der Waals surface area contributed by atoms with Crippen LogP contribution in [0.2, 0.25) is 0 Å². The van der Waals surface area contributed by atoms with Crippen LogP contribution in [0.5, 0.6) is 5.75 Å². The Balaban J connectivity index is 1.65. The lowest BCUT2D eigenvalue weighted by molar-refractivity contribution is 0.309. The third-order valence-electron chi connectivity index (χ3n) is 4.41. The fourth-order valence-corrected chi connectivity index (χ4v) is 4.68. The molecule has 0 spiro atoms. The van der Waals surface area contributed by atoms with Crippen molar-refractivity contribution in [2.75, 3.05) is 12.9 Å². The molecule has 2 heterocycles. The maximum absolute atomic E-state index is 11.8. The van der Waals surface area contributed by atoms with E-state index in [-0.39, 0.29) is 0 Å². The summed E-state index contributed by atoms with van der Waals surface area (Å²) in [6, 6.07) is 13.2. The van der Waals surface area contributed by atoms with Crippen molar-refractivity contribution in [2.24, 2.45) is 0 Å². The lowest BCUT2D eigenvalue weighted by Gasteiger charge is -2.05. The van der Waals surface area contributed by atoms with Crippen molar-refractivity contribution < 1.29 is 13.2 Å². The number of thiazole rings is 1. The van der Waals surface area contributed by atoms with E-state index in [1.54, 1.807) is 12.1 Å². The van der Waals surface area contributed by atoms with E-state index in [9.17, 15) is 8.42 Å². The van der Waals surface area contributed by atoms with Crippen molar-refractivity contribution in [3.8, 4) is 17.0 Å². The summed E-state index contributed by atoms with van der Waals surface area (Å²) in [6.07, 6.45) is 5.37. The van der Waals surface area contributed by atoms with Gasteiger partial charge in [0.1, 0.15) is 5.75 Å². The SMILES string of the molecule is CCCCOc1ccc(-c2cn3c(n2)sc2cc(S(C)(=O)=O)ccc23)cc1. The zero-order valence-electron chi connectivity index (χ0n) is 15.2. The molecule has 140 valence electrons. The molecule has 0 fully saturated rings. The number of hydrogen-bond acceptors (Lipinski definition) is 5. The van der Waals surface area contributed by atoms with Crippen LogP contribution in [0.3, 0.4) is 0 Å². The number of benzene rings is 2.